The summed E-state index contributed by atoms with van der Waals surface area (Å²) in [6, 6.07) is 10.0. The van der Waals surface area contributed by atoms with Crippen molar-refractivity contribution in [1.82, 2.24) is 4.98 Å². The monoisotopic (exact) mass is 263 g/mol. The number of nitrogens with zero attached hydrogens (tertiary/aromatic N) is 1. The Labute approximate surface area is 116 Å². The number of benzene rings is 1. The molecule has 4 rings (SSSR count). The van der Waals surface area contributed by atoms with Gasteiger partial charge in [0.2, 0.25) is 0 Å². The molecule has 1 heterocycles. The lowest BCUT2D eigenvalue weighted by Gasteiger charge is -2.13. The van der Waals surface area contributed by atoms with Gasteiger partial charge in [-0.25, -0.2) is 4.98 Å². The molecular formula is C17H13NO2. The molecule has 0 aliphatic heterocycles. The number of pyridine rings is 1. The van der Waals surface area contributed by atoms with Crippen LogP contribution in [0.25, 0.3) is 11.1 Å². The van der Waals surface area contributed by atoms with Crippen LogP contribution in [-0.4, -0.2) is 16.6 Å². The van der Waals surface area contributed by atoms with Crippen LogP contribution in [0.1, 0.15) is 44.9 Å². The lowest BCUT2D eigenvalue weighted by atomic mass is 9.93. The maximum atomic E-state index is 12.0. The summed E-state index contributed by atoms with van der Waals surface area (Å²) in [5.74, 6) is 0.138. The van der Waals surface area contributed by atoms with Crippen molar-refractivity contribution in [1.29, 1.82) is 0 Å². The molecule has 0 fully saturated rings. The van der Waals surface area contributed by atoms with Crippen molar-refractivity contribution in [2.24, 2.45) is 0 Å². The molecule has 2 aliphatic carbocycles. The predicted molar refractivity (Wildman–Crippen MR) is 75.0 cm³/mol. The van der Waals surface area contributed by atoms with Crippen LogP contribution in [0, 0.1) is 0 Å². The van der Waals surface area contributed by atoms with Crippen molar-refractivity contribution < 1.29 is 9.59 Å². The van der Waals surface area contributed by atoms with Gasteiger partial charge in [0.25, 0.3) is 0 Å². The maximum Gasteiger partial charge on any atom is 0.181 e. The minimum Gasteiger partial charge on any atom is -0.292 e. The van der Waals surface area contributed by atoms with Crippen LogP contribution in [0.15, 0.2) is 30.3 Å². The van der Waals surface area contributed by atoms with Gasteiger partial charge >= 0.3 is 0 Å². The molecule has 2 aromatic rings. The largest absolute Gasteiger partial charge is 0.292 e. The van der Waals surface area contributed by atoms with Gasteiger partial charge in [-0.15, -0.1) is 0 Å². The predicted octanol–water partition coefficient (Wildman–Crippen LogP) is 3.01. The van der Waals surface area contributed by atoms with E-state index in [1.54, 1.807) is 0 Å². The molecule has 1 aromatic heterocycles. The highest BCUT2D eigenvalue weighted by Gasteiger charge is 2.33. The average Bonchev–Trinajstić information content (AvgIpc) is 3.03. The summed E-state index contributed by atoms with van der Waals surface area (Å²) in [5.41, 5.74) is 5.30. The second kappa shape index (κ2) is 4.10. The zero-order chi connectivity index (χ0) is 13.7. The Balaban J connectivity index is 2.07. The molecule has 0 radical (unpaired) electrons. The summed E-state index contributed by atoms with van der Waals surface area (Å²) in [6.45, 7) is 0. The van der Waals surface area contributed by atoms with Crippen LogP contribution in [0.4, 0.5) is 0 Å². The Morgan fingerprint density at radius 3 is 1.85 bits per heavy atom. The number of ketones is 2. The highest BCUT2D eigenvalue weighted by molar-refractivity contribution is 6.06. The topological polar surface area (TPSA) is 47.0 Å². The standard InChI is InChI=1S/C17H13NO2/c19-13-8-6-11-15(10-4-2-1-3-5-10)12-7-9-14(20)17(12)18-16(11)13/h1-5H,6-9H2. The lowest BCUT2D eigenvalue weighted by molar-refractivity contribution is 0.0988. The van der Waals surface area contributed by atoms with Gasteiger partial charge in [-0.1, -0.05) is 30.3 Å². The lowest BCUT2D eigenvalue weighted by Crippen LogP contribution is -2.06. The van der Waals surface area contributed by atoms with Crippen molar-refractivity contribution in [3.63, 3.8) is 0 Å². The van der Waals surface area contributed by atoms with Crippen molar-refractivity contribution >= 4 is 11.6 Å². The number of carbonyl (C=O) groups excluding carboxylic acids is 2. The van der Waals surface area contributed by atoms with Crippen LogP contribution >= 0.6 is 0 Å². The molecule has 0 spiro atoms. The molecule has 3 heteroatoms. The molecule has 0 saturated heterocycles. The van der Waals surface area contributed by atoms with Crippen LogP contribution in [0.2, 0.25) is 0 Å². The summed E-state index contributed by atoms with van der Waals surface area (Å²) in [4.78, 5) is 28.3. The Hall–Kier alpha value is -2.29. The van der Waals surface area contributed by atoms with E-state index in [2.05, 4.69) is 4.98 Å². The number of fused-ring (bicyclic) bond motifs is 2. The van der Waals surface area contributed by atoms with E-state index in [0.717, 1.165) is 35.1 Å². The number of hydrogen-bond donors (Lipinski definition) is 0. The fraction of sp³-hybridized carbons (Fsp3) is 0.235. The quantitative estimate of drug-likeness (QED) is 0.794. The van der Waals surface area contributed by atoms with Gasteiger partial charge in [0.05, 0.1) is 0 Å². The first-order valence-corrected chi connectivity index (χ1v) is 6.93. The van der Waals surface area contributed by atoms with E-state index in [-0.39, 0.29) is 11.6 Å². The average molecular weight is 263 g/mol. The number of aromatic nitrogens is 1. The highest BCUT2D eigenvalue weighted by Crippen LogP contribution is 2.38. The molecule has 3 nitrogen and oxygen atoms in total. The van der Waals surface area contributed by atoms with Gasteiger partial charge < -0.3 is 0 Å². The van der Waals surface area contributed by atoms with Crippen LogP contribution in [0.5, 0.6) is 0 Å². The summed E-state index contributed by atoms with van der Waals surface area (Å²) in [6.07, 6.45) is 2.51. The van der Waals surface area contributed by atoms with Crippen molar-refractivity contribution in [3.8, 4) is 11.1 Å². The zero-order valence-electron chi connectivity index (χ0n) is 11.0. The third-order valence-corrected chi connectivity index (χ3v) is 4.19. The normalized spacial score (nSPS) is 16.4. The zero-order valence-corrected chi connectivity index (χ0v) is 11.0. The molecule has 0 N–H and O–H groups in total. The van der Waals surface area contributed by atoms with E-state index < -0.39 is 0 Å². The Morgan fingerprint density at radius 2 is 1.30 bits per heavy atom. The van der Waals surface area contributed by atoms with Gasteiger partial charge in [0.1, 0.15) is 11.4 Å². The molecular weight excluding hydrogens is 250 g/mol. The first-order valence-electron chi connectivity index (χ1n) is 6.93. The third-order valence-electron chi connectivity index (χ3n) is 4.19. The van der Waals surface area contributed by atoms with Gasteiger partial charge in [0, 0.05) is 12.8 Å². The van der Waals surface area contributed by atoms with Crippen LogP contribution in [0.3, 0.4) is 0 Å². The molecule has 0 amide bonds. The second-order valence-corrected chi connectivity index (χ2v) is 5.35. The summed E-state index contributed by atoms with van der Waals surface area (Å²) >= 11 is 0. The number of rotatable bonds is 1. The molecule has 98 valence electrons. The van der Waals surface area contributed by atoms with Gasteiger partial charge in [-0.05, 0) is 35.1 Å². The Morgan fingerprint density at radius 1 is 0.750 bits per heavy atom. The fourth-order valence-electron chi connectivity index (χ4n) is 3.28. The van der Waals surface area contributed by atoms with E-state index in [1.165, 1.54) is 0 Å². The van der Waals surface area contributed by atoms with E-state index in [1.807, 2.05) is 30.3 Å². The number of hydrogen-bond acceptors (Lipinski definition) is 3. The molecule has 1 aromatic carbocycles. The van der Waals surface area contributed by atoms with Gasteiger partial charge in [0.15, 0.2) is 11.6 Å². The van der Waals surface area contributed by atoms with Crippen molar-refractivity contribution in [2.75, 3.05) is 0 Å². The molecule has 2 aliphatic rings. The Bertz CT molecular complexity index is 705. The van der Waals surface area contributed by atoms with E-state index in [9.17, 15) is 9.59 Å². The minimum absolute atomic E-state index is 0.0691. The third kappa shape index (κ3) is 1.49. The SMILES string of the molecule is O=C1CCc2c1nc1c(c2-c2ccccc2)CCC1=O. The first kappa shape index (κ1) is 11.5. The van der Waals surface area contributed by atoms with Crippen molar-refractivity contribution in [3.05, 3.63) is 52.8 Å². The molecule has 20 heavy (non-hydrogen) atoms. The fourth-order valence-corrected chi connectivity index (χ4v) is 3.28. The molecule has 0 saturated carbocycles. The number of Topliss-reactive ketones (excluding diaryl/α,β-unsaturated/α-hetero) is 2. The smallest absolute Gasteiger partial charge is 0.181 e. The molecule has 0 bridgehead atoms. The first-order chi connectivity index (χ1) is 9.75. The summed E-state index contributed by atoms with van der Waals surface area (Å²) in [7, 11) is 0. The summed E-state index contributed by atoms with van der Waals surface area (Å²) in [5, 5.41) is 0. The van der Waals surface area contributed by atoms with E-state index in [4.69, 9.17) is 0 Å². The van der Waals surface area contributed by atoms with Gasteiger partial charge in [-0.2, -0.15) is 0 Å². The van der Waals surface area contributed by atoms with E-state index >= 15 is 0 Å². The van der Waals surface area contributed by atoms with Crippen LogP contribution < -0.4 is 0 Å². The molecule has 0 unspecified atom stereocenters. The second-order valence-electron chi connectivity index (χ2n) is 5.35. The maximum absolute atomic E-state index is 12.0. The minimum atomic E-state index is 0.0691. The summed E-state index contributed by atoms with van der Waals surface area (Å²) < 4.78 is 0. The van der Waals surface area contributed by atoms with E-state index in [0.29, 0.717) is 24.2 Å². The number of carbonyl (C=O) groups is 2. The molecule has 0 atom stereocenters. The highest BCUT2D eigenvalue weighted by atomic mass is 16.1. The van der Waals surface area contributed by atoms with Gasteiger partial charge in [-0.3, -0.25) is 9.59 Å². The Kier molecular flexibility index (Phi) is 2.36. The van der Waals surface area contributed by atoms with Crippen LogP contribution in [-0.2, 0) is 12.8 Å². The van der Waals surface area contributed by atoms with Crippen molar-refractivity contribution in [2.45, 2.75) is 25.7 Å².